The van der Waals surface area contributed by atoms with E-state index in [9.17, 15) is 5.11 Å². The molecule has 14 heavy (non-hydrogen) atoms. The summed E-state index contributed by atoms with van der Waals surface area (Å²) in [6.45, 7) is 7.55. The van der Waals surface area contributed by atoms with Gasteiger partial charge < -0.3 is 10.0 Å². The van der Waals surface area contributed by atoms with Crippen LogP contribution in [0.4, 0.5) is 0 Å². The van der Waals surface area contributed by atoms with Gasteiger partial charge in [0.05, 0.1) is 5.60 Å². The normalized spacial score (nSPS) is 23.4. The highest BCUT2D eigenvalue weighted by atomic mass is 16.3. The van der Waals surface area contributed by atoms with Crippen LogP contribution in [-0.4, -0.2) is 35.2 Å². The molecule has 0 amide bonds. The number of aliphatic hydroxyl groups is 1. The Morgan fingerprint density at radius 1 is 1.21 bits per heavy atom. The van der Waals surface area contributed by atoms with Crippen molar-refractivity contribution >= 4 is 0 Å². The van der Waals surface area contributed by atoms with Crippen molar-refractivity contribution in [2.24, 2.45) is 5.92 Å². The molecule has 0 aliphatic heterocycles. The number of likely N-dealkylation sites (N-methyl/N-ethyl adjacent to an activating group) is 1. The second kappa shape index (κ2) is 4.63. The van der Waals surface area contributed by atoms with Crippen LogP contribution in [0.2, 0.25) is 0 Å². The highest BCUT2D eigenvalue weighted by Gasteiger charge is 2.33. The minimum atomic E-state index is -0.391. The van der Waals surface area contributed by atoms with Crippen molar-refractivity contribution in [1.29, 1.82) is 0 Å². The predicted molar refractivity (Wildman–Crippen MR) is 60.3 cm³/mol. The van der Waals surface area contributed by atoms with Gasteiger partial charge in [-0.15, -0.1) is 0 Å². The van der Waals surface area contributed by atoms with E-state index in [0.29, 0.717) is 12.0 Å². The Kier molecular flexibility index (Phi) is 3.96. The summed E-state index contributed by atoms with van der Waals surface area (Å²) in [6, 6.07) is 0.555. The summed E-state index contributed by atoms with van der Waals surface area (Å²) in [5, 5.41) is 10.3. The Bertz CT molecular complexity index is 173. The van der Waals surface area contributed by atoms with Crippen LogP contribution in [0.25, 0.3) is 0 Å². The van der Waals surface area contributed by atoms with E-state index in [1.807, 2.05) is 0 Å². The summed E-state index contributed by atoms with van der Waals surface area (Å²) in [5.41, 5.74) is -0.391. The average molecular weight is 199 g/mol. The van der Waals surface area contributed by atoms with Crippen molar-refractivity contribution in [1.82, 2.24) is 4.90 Å². The fraction of sp³-hybridized carbons (Fsp3) is 1.00. The van der Waals surface area contributed by atoms with E-state index in [1.54, 1.807) is 0 Å². The van der Waals surface area contributed by atoms with E-state index < -0.39 is 5.60 Å². The lowest BCUT2D eigenvalue weighted by Gasteiger charge is -2.34. The summed E-state index contributed by atoms with van der Waals surface area (Å²) in [7, 11) is 2.13. The van der Waals surface area contributed by atoms with E-state index in [1.165, 1.54) is 12.8 Å². The molecule has 1 aliphatic rings. The van der Waals surface area contributed by atoms with Gasteiger partial charge in [-0.1, -0.05) is 26.7 Å². The third-order valence-corrected chi connectivity index (χ3v) is 3.74. The number of hydrogen-bond acceptors (Lipinski definition) is 2. The van der Waals surface area contributed by atoms with Crippen LogP contribution in [0.15, 0.2) is 0 Å². The van der Waals surface area contributed by atoms with Gasteiger partial charge in [-0.3, -0.25) is 0 Å². The first-order valence-electron chi connectivity index (χ1n) is 5.87. The SMILES string of the molecule is CC(C)C(C)N(C)CC1(O)CCCC1. The quantitative estimate of drug-likeness (QED) is 0.751. The van der Waals surface area contributed by atoms with Crippen molar-refractivity contribution in [2.45, 2.75) is 58.1 Å². The molecule has 0 heterocycles. The largest absolute Gasteiger partial charge is 0.389 e. The summed E-state index contributed by atoms with van der Waals surface area (Å²) < 4.78 is 0. The van der Waals surface area contributed by atoms with Crippen LogP contribution in [-0.2, 0) is 0 Å². The molecule has 2 nitrogen and oxygen atoms in total. The molecule has 2 heteroatoms. The zero-order valence-electron chi connectivity index (χ0n) is 10.1. The second-order valence-corrected chi connectivity index (χ2v) is 5.33. The van der Waals surface area contributed by atoms with Gasteiger partial charge in [-0.2, -0.15) is 0 Å². The Labute approximate surface area is 88.3 Å². The van der Waals surface area contributed by atoms with Crippen LogP contribution in [0, 0.1) is 5.92 Å². The van der Waals surface area contributed by atoms with Gasteiger partial charge in [-0.05, 0) is 32.7 Å². The van der Waals surface area contributed by atoms with Crippen LogP contribution < -0.4 is 0 Å². The molecule has 1 saturated carbocycles. The van der Waals surface area contributed by atoms with Gasteiger partial charge >= 0.3 is 0 Å². The molecule has 1 unspecified atom stereocenters. The van der Waals surface area contributed by atoms with E-state index in [2.05, 4.69) is 32.7 Å². The Morgan fingerprint density at radius 2 is 1.71 bits per heavy atom. The van der Waals surface area contributed by atoms with E-state index in [0.717, 1.165) is 19.4 Å². The molecule has 0 bridgehead atoms. The monoisotopic (exact) mass is 199 g/mol. The molecule has 1 aliphatic carbocycles. The van der Waals surface area contributed by atoms with Crippen molar-refractivity contribution in [3.05, 3.63) is 0 Å². The predicted octanol–water partition coefficient (Wildman–Crippen LogP) is 2.27. The summed E-state index contributed by atoms with van der Waals surface area (Å²) in [5.74, 6) is 0.657. The van der Waals surface area contributed by atoms with Gasteiger partial charge in [0.25, 0.3) is 0 Å². The fourth-order valence-electron chi connectivity index (χ4n) is 2.31. The summed E-state index contributed by atoms with van der Waals surface area (Å²) >= 11 is 0. The van der Waals surface area contributed by atoms with Crippen molar-refractivity contribution in [3.63, 3.8) is 0 Å². The first kappa shape index (κ1) is 12.0. The lowest BCUT2D eigenvalue weighted by Crippen LogP contribution is -2.44. The van der Waals surface area contributed by atoms with Crippen molar-refractivity contribution in [3.8, 4) is 0 Å². The topological polar surface area (TPSA) is 23.5 Å². The maximum Gasteiger partial charge on any atom is 0.0774 e. The van der Waals surface area contributed by atoms with E-state index in [-0.39, 0.29) is 0 Å². The van der Waals surface area contributed by atoms with Gasteiger partial charge in [0.15, 0.2) is 0 Å². The minimum Gasteiger partial charge on any atom is -0.389 e. The first-order chi connectivity index (χ1) is 6.44. The third kappa shape index (κ3) is 2.96. The Balaban J connectivity index is 2.42. The summed E-state index contributed by atoms with van der Waals surface area (Å²) in [6.07, 6.45) is 4.37. The molecule has 1 atom stereocenters. The maximum atomic E-state index is 10.3. The lowest BCUT2D eigenvalue weighted by atomic mass is 9.99. The van der Waals surface area contributed by atoms with Crippen LogP contribution in [0.5, 0.6) is 0 Å². The van der Waals surface area contributed by atoms with Gasteiger partial charge in [0.1, 0.15) is 0 Å². The highest BCUT2D eigenvalue weighted by Crippen LogP contribution is 2.30. The van der Waals surface area contributed by atoms with Crippen molar-refractivity contribution in [2.75, 3.05) is 13.6 Å². The minimum absolute atomic E-state index is 0.391. The van der Waals surface area contributed by atoms with Crippen LogP contribution >= 0.6 is 0 Å². The molecule has 1 fully saturated rings. The van der Waals surface area contributed by atoms with Gasteiger partial charge in [-0.25, -0.2) is 0 Å². The molecular formula is C12H25NO. The molecule has 0 aromatic rings. The highest BCUT2D eigenvalue weighted by molar-refractivity contribution is 4.88. The Hall–Kier alpha value is -0.0800. The molecular weight excluding hydrogens is 174 g/mol. The van der Waals surface area contributed by atoms with Gasteiger partial charge in [0, 0.05) is 12.6 Å². The van der Waals surface area contributed by atoms with Crippen LogP contribution in [0.3, 0.4) is 0 Å². The molecule has 0 spiro atoms. The number of hydrogen-bond donors (Lipinski definition) is 1. The lowest BCUT2D eigenvalue weighted by molar-refractivity contribution is 0.00212. The fourth-order valence-corrected chi connectivity index (χ4v) is 2.31. The molecule has 0 aromatic carbocycles. The first-order valence-corrected chi connectivity index (χ1v) is 5.87. The molecule has 84 valence electrons. The molecule has 0 saturated heterocycles. The standard InChI is InChI=1S/C12H25NO/c1-10(2)11(3)13(4)9-12(14)7-5-6-8-12/h10-11,14H,5-9H2,1-4H3. The smallest absolute Gasteiger partial charge is 0.0774 e. The molecule has 1 rings (SSSR count). The Morgan fingerprint density at radius 3 is 2.14 bits per heavy atom. The van der Waals surface area contributed by atoms with E-state index in [4.69, 9.17) is 0 Å². The maximum absolute atomic E-state index is 10.3. The average Bonchev–Trinajstić information content (AvgIpc) is 2.50. The molecule has 0 radical (unpaired) electrons. The van der Waals surface area contributed by atoms with E-state index >= 15 is 0 Å². The number of rotatable bonds is 4. The molecule has 0 aromatic heterocycles. The molecule has 1 N–H and O–H groups in total. The summed E-state index contributed by atoms with van der Waals surface area (Å²) in [4.78, 5) is 2.30. The van der Waals surface area contributed by atoms with Crippen LogP contribution in [0.1, 0.15) is 46.5 Å². The van der Waals surface area contributed by atoms with Gasteiger partial charge in [0.2, 0.25) is 0 Å². The van der Waals surface area contributed by atoms with Crippen molar-refractivity contribution < 1.29 is 5.11 Å². The number of nitrogens with zero attached hydrogens (tertiary/aromatic N) is 1. The third-order valence-electron chi connectivity index (χ3n) is 3.74. The zero-order chi connectivity index (χ0) is 10.8. The zero-order valence-corrected chi connectivity index (χ0v) is 10.1. The second-order valence-electron chi connectivity index (χ2n) is 5.33.